The van der Waals surface area contributed by atoms with Crippen LogP contribution < -0.4 is 0 Å². The van der Waals surface area contributed by atoms with Crippen LogP contribution in [-0.4, -0.2) is 23.5 Å². The van der Waals surface area contributed by atoms with Crippen molar-refractivity contribution in [1.29, 1.82) is 0 Å². The highest BCUT2D eigenvalue weighted by molar-refractivity contribution is 7.99. The smallest absolute Gasteiger partial charge is 0.00854 e. The van der Waals surface area contributed by atoms with Crippen molar-refractivity contribution in [2.24, 2.45) is 11.3 Å². The Labute approximate surface area is 104 Å². The Morgan fingerprint density at radius 3 is 2.53 bits per heavy atom. The Morgan fingerprint density at radius 1 is 1.27 bits per heavy atom. The molecular formula is C13H26S2. The Morgan fingerprint density at radius 2 is 2.00 bits per heavy atom. The van der Waals surface area contributed by atoms with Crippen LogP contribution in [0, 0.1) is 11.3 Å². The standard InChI is InChI=1S/C13H26S2/c1-13(2)9-6-5-7-11(13)12(15-4)8-10-14-3/h11-12H,5-10H2,1-4H3. The average Bonchev–Trinajstić information content (AvgIpc) is 2.20. The maximum atomic E-state index is 2.49. The SMILES string of the molecule is CSCCC(SC)C1CCCCC1(C)C. The van der Waals surface area contributed by atoms with Crippen molar-refractivity contribution in [2.75, 3.05) is 18.3 Å². The molecule has 15 heavy (non-hydrogen) atoms. The van der Waals surface area contributed by atoms with Gasteiger partial charge in [-0.3, -0.25) is 0 Å². The Bertz CT molecular complexity index is 177. The van der Waals surface area contributed by atoms with E-state index in [-0.39, 0.29) is 0 Å². The van der Waals surface area contributed by atoms with Gasteiger partial charge in [0.1, 0.15) is 0 Å². The van der Waals surface area contributed by atoms with Crippen LogP contribution in [-0.2, 0) is 0 Å². The lowest BCUT2D eigenvalue weighted by Crippen LogP contribution is -2.35. The lowest BCUT2D eigenvalue weighted by atomic mass is 9.67. The number of rotatable bonds is 5. The van der Waals surface area contributed by atoms with E-state index >= 15 is 0 Å². The molecule has 0 aromatic heterocycles. The second-order valence-electron chi connectivity index (χ2n) is 5.40. The van der Waals surface area contributed by atoms with E-state index in [1.54, 1.807) is 0 Å². The third kappa shape index (κ3) is 3.89. The van der Waals surface area contributed by atoms with E-state index in [9.17, 15) is 0 Å². The highest BCUT2D eigenvalue weighted by Crippen LogP contribution is 2.46. The molecule has 0 aliphatic heterocycles. The minimum absolute atomic E-state index is 0.588. The van der Waals surface area contributed by atoms with E-state index in [2.05, 4.69) is 38.1 Å². The Balaban J connectivity index is 2.56. The zero-order valence-electron chi connectivity index (χ0n) is 10.7. The van der Waals surface area contributed by atoms with Gasteiger partial charge in [0, 0.05) is 5.25 Å². The predicted octanol–water partition coefficient (Wildman–Crippen LogP) is 4.69. The first-order valence-electron chi connectivity index (χ1n) is 6.13. The van der Waals surface area contributed by atoms with Crippen LogP contribution in [0.3, 0.4) is 0 Å². The normalized spacial score (nSPS) is 27.6. The predicted molar refractivity (Wildman–Crippen MR) is 76.0 cm³/mol. The third-order valence-corrected chi connectivity index (χ3v) is 5.76. The summed E-state index contributed by atoms with van der Waals surface area (Å²) in [6, 6.07) is 0. The van der Waals surface area contributed by atoms with Crippen LogP contribution in [0.1, 0.15) is 46.0 Å². The molecule has 1 saturated carbocycles. The fourth-order valence-electron chi connectivity index (χ4n) is 2.93. The molecule has 0 amide bonds. The Kier molecular flexibility index (Phi) is 5.91. The average molecular weight is 246 g/mol. The molecule has 2 heteroatoms. The van der Waals surface area contributed by atoms with Crippen molar-refractivity contribution in [3.05, 3.63) is 0 Å². The van der Waals surface area contributed by atoms with Gasteiger partial charge in [-0.2, -0.15) is 23.5 Å². The molecule has 0 heterocycles. The number of hydrogen-bond donors (Lipinski definition) is 0. The summed E-state index contributed by atoms with van der Waals surface area (Å²) in [4.78, 5) is 0. The molecular weight excluding hydrogens is 220 g/mol. The molecule has 0 bridgehead atoms. The monoisotopic (exact) mass is 246 g/mol. The van der Waals surface area contributed by atoms with Gasteiger partial charge in [-0.05, 0) is 48.9 Å². The van der Waals surface area contributed by atoms with Crippen molar-refractivity contribution >= 4 is 23.5 Å². The molecule has 0 saturated heterocycles. The van der Waals surface area contributed by atoms with Gasteiger partial charge in [0.25, 0.3) is 0 Å². The van der Waals surface area contributed by atoms with Gasteiger partial charge in [0.05, 0.1) is 0 Å². The molecule has 2 unspecified atom stereocenters. The largest absolute Gasteiger partial charge is 0.165 e. The van der Waals surface area contributed by atoms with Gasteiger partial charge in [-0.15, -0.1) is 0 Å². The first-order valence-corrected chi connectivity index (χ1v) is 8.81. The van der Waals surface area contributed by atoms with Gasteiger partial charge in [-0.1, -0.05) is 26.7 Å². The lowest BCUT2D eigenvalue weighted by molar-refractivity contribution is 0.134. The van der Waals surface area contributed by atoms with Crippen molar-refractivity contribution < 1.29 is 0 Å². The molecule has 0 aromatic rings. The van der Waals surface area contributed by atoms with Crippen molar-refractivity contribution in [3.8, 4) is 0 Å². The maximum absolute atomic E-state index is 2.49. The summed E-state index contributed by atoms with van der Waals surface area (Å²) in [5.74, 6) is 2.28. The second kappa shape index (κ2) is 6.44. The topological polar surface area (TPSA) is 0 Å². The van der Waals surface area contributed by atoms with Gasteiger partial charge in [0.2, 0.25) is 0 Å². The quantitative estimate of drug-likeness (QED) is 0.690. The van der Waals surface area contributed by atoms with E-state index in [1.165, 1.54) is 37.9 Å². The molecule has 0 spiro atoms. The molecule has 1 aliphatic carbocycles. The summed E-state index contributed by atoms with van der Waals surface area (Å²) in [6.07, 6.45) is 11.7. The van der Waals surface area contributed by atoms with E-state index in [1.807, 2.05) is 11.8 Å². The molecule has 0 radical (unpaired) electrons. The minimum Gasteiger partial charge on any atom is -0.165 e. The highest BCUT2D eigenvalue weighted by Gasteiger charge is 2.36. The summed E-state index contributed by atoms with van der Waals surface area (Å²) >= 11 is 4.10. The van der Waals surface area contributed by atoms with E-state index < -0.39 is 0 Å². The van der Waals surface area contributed by atoms with Crippen molar-refractivity contribution in [1.82, 2.24) is 0 Å². The van der Waals surface area contributed by atoms with Gasteiger partial charge >= 0.3 is 0 Å². The molecule has 0 aromatic carbocycles. The molecule has 0 nitrogen and oxygen atoms in total. The molecule has 1 aliphatic rings. The maximum Gasteiger partial charge on any atom is 0.00854 e. The molecule has 1 rings (SSSR count). The van der Waals surface area contributed by atoms with Crippen molar-refractivity contribution in [3.63, 3.8) is 0 Å². The summed E-state index contributed by atoms with van der Waals surface area (Å²) in [6.45, 7) is 4.97. The summed E-state index contributed by atoms with van der Waals surface area (Å²) < 4.78 is 0. The molecule has 0 N–H and O–H groups in total. The summed E-state index contributed by atoms with van der Waals surface area (Å²) in [5, 5.41) is 0.896. The second-order valence-corrected chi connectivity index (χ2v) is 7.46. The fraction of sp³-hybridized carbons (Fsp3) is 1.00. The van der Waals surface area contributed by atoms with Crippen LogP contribution in [0.5, 0.6) is 0 Å². The van der Waals surface area contributed by atoms with Crippen LogP contribution in [0.15, 0.2) is 0 Å². The first kappa shape index (κ1) is 13.8. The van der Waals surface area contributed by atoms with E-state index in [4.69, 9.17) is 0 Å². The van der Waals surface area contributed by atoms with Gasteiger partial charge in [0.15, 0.2) is 0 Å². The zero-order chi connectivity index (χ0) is 11.3. The van der Waals surface area contributed by atoms with Crippen LogP contribution >= 0.6 is 23.5 Å². The first-order chi connectivity index (χ1) is 7.11. The van der Waals surface area contributed by atoms with Crippen LogP contribution in [0.2, 0.25) is 0 Å². The van der Waals surface area contributed by atoms with Crippen molar-refractivity contribution in [2.45, 2.75) is 51.2 Å². The Hall–Kier alpha value is 0.700. The fourth-order valence-corrected chi connectivity index (χ4v) is 4.75. The third-order valence-electron chi connectivity index (χ3n) is 3.95. The van der Waals surface area contributed by atoms with E-state index in [0.29, 0.717) is 5.41 Å². The lowest BCUT2D eigenvalue weighted by Gasteiger charge is -2.42. The highest BCUT2D eigenvalue weighted by atomic mass is 32.2. The number of hydrogen-bond acceptors (Lipinski definition) is 2. The van der Waals surface area contributed by atoms with E-state index in [0.717, 1.165) is 11.2 Å². The summed E-state index contributed by atoms with van der Waals surface area (Å²) in [5.41, 5.74) is 0.588. The van der Waals surface area contributed by atoms with Crippen LogP contribution in [0.25, 0.3) is 0 Å². The van der Waals surface area contributed by atoms with Crippen LogP contribution in [0.4, 0.5) is 0 Å². The molecule has 90 valence electrons. The zero-order valence-corrected chi connectivity index (χ0v) is 12.3. The molecule has 1 fully saturated rings. The van der Waals surface area contributed by atoms with Gasteiger partial charge < -0.3 is 0 Å². The minimum atomic E-state index is 0.588. The molecule has 2 atom stereocenters. The number of thioether (sulfide) groups is 2. The van der Waals surface area contributed by atoms with Gasteiger partial charge in [-0.25, -0.2) is 0 Å². The summed E-state index contributed by atoms with van der Waals surface area (Å²) in [7, 11) is 0.